The van der Waals surface area contributed by atoms with Crippen LogP contribution in [0.15, 0.2) is 85.1 Å². The fourth-order valence-corrected chi connectivity index (χ4v) is 7.96. The second-order valence-electron chi connectivity index (χ2n) is 19.2. The third kappa shape index (κ3) is 55.4. The maximum absolute atomic E-state index is 12.9. The Morgan fingerprint density at radius 2 is 0.522 bits per heavy atom. The molecule has 0 N–H and O–H groups in total. The molecule has 0 spiro atoms. The number of hydrogen-bond acceptors (Lipinski definition) is 6. The molecule has 0 bridgehead atoms. The number of ether oxygens (including phenoxy) is 3. The first-order chi connectivity index (χ1) is 34.0. The van der Waals surface area contributed by atoms with Gasteiger partial charge in [-0.3, -0.25) is 14.4 Å². The minimum Gasteiger partial charge on any atom is -0.462 e. The average Bonchev–Trinajstić information content (AvgIpc) is 3.35. The molecular formula is C63H108O6. The normalized spacial score (nSPS) is 12.7. The fourth-order valence-electron chi connectivity index (χ4n) is 7.96. The van der Waals surface area contributed by atoms with Gasteiger partial charge in [0.2, 0.25) is 0 Å². The molecule has 0 unspecified atom stereocenters. The molecule has 0 aromatic rings. The van der Waals surface area contributed by atoms with E-state index in [1.165, 1.54) is 141 Å². The van der Waals surface area contributed by atoms with Crippen molar-refractivity contribution < 1.29 is 28.6 Å². The second-order valence-corrected chi connectivity index (χ2v) is 19.2. The van der Waals surface area contributed by atoms with Crippen molar-refractivity contribution in [2.24, 2.45) is 0 Å². The monoisotopic (exact) mass is 961 g/mol. The van der Waals surface area contributed by atoms with Gasteiger partial charge in [-0.05, 0) is 103 Å². The molecule has 0 saturated heterocycles. The van der Waals surface area contributed by atoms with Gasteiger partial charge in [0.15, 0.2) is 6.10 Å². The zero-order valence-corrected chi connectivity index (χ0v) is 45.3. The van der Waals surface area contributed by atoms with Gasteiger partial charge in [0.25, 0.3) is 0 Å². The summed E-state index contributed by atoms with van der Waals surface area (Å²) >= 11 is 0. The number of rotatable bonds is 52. The quantitative estimate of drug-likeness (QED) is 0.0262. The summed E-state index contributed by atoms with van der Waals surface area (Å²) in [6.07, 6.45) is 74.3. The van der Waals surface area contributed by atoms with E-state index in [1.54, 1.807) is 0 Å². The Bertz CT molecular complexity index is 1330. The van der Waals surface area contributed by atoms with Crippen molar-refractivity contribution >= 4 is 17.9 Å². The number of hydrogen-bond donors (Lipinski definition) is 0. The highest BCUT2D eigenvalue weighted by molar-refractivity contribution is 5.71. The summed E-state index contributed by atoms with van der Waals surface area (Å²) in [6.45, 7) is 6.54. The van der Waals surface area contributed by atoms with Crippen molar-refractivity contribution in [1.82, 2.24) is 0 Å². The van der Waals surface area contributed by atoms with E-state index in [9.17, 15) is 14.4 Å². The molecule has 0 heterocycles. The molecule has 0 aromatic heterocycles. The Balaban J connectivity index is 4.48. The standard InChI is InChI=1S/C63H108O6/c1-4-7-10-13-16-19-22-25-28-30-31-33-35-38-41-44-47-50-53-56-62(65)68-59-60(58-67-61(64)55-52-49-46-43-40-37-34-27-24-21-18-15-12-9-6-3)69-63(66)57-54-51-48-45-42-39-36-32-29-26-23-20-17-14-11-8-5-2/h16,18-19,21,25,27-28,31,33-34,38,40-41,43,60H,4-15,17,20,22-24,26,29-30,32,35-37,39,42,44-59H2,1-3H3/b19-16-,21-18-,28-25-,33-31-,34-27-,41-38-,43-40-/t60-/m1/s1. The maximum atomic E-state index is 12.9. The highest BCUT2D eigenvalue weighted by Gasteiger charge is 2.19. The first kappa shape index (κ1) is 65.6. The van der Waals surface area contributed by atoms with Crippen LogP contribution < -0.4 is 0 Å². The van der Waals surface area contributed by atoms with E-state index in [2.05, 4.69) is 106 Å². The number of unbranched alkanes of at least 4 members (excludes halogenated alkanes) is 27. The summed E-state index contributed by atoms with van der Waals surface area (Å²) in [5.74, 6) is -0.962. The van der Waals surface area contributed by atoms with Crippen LogP contribution in [0.5, 0.6) is 0 Å². The molecule has 6 heteroatoms. The van der Waals surface area contributed by atoms with Crippen LogP contribution in [-0.4, -0.2) is 37.2 Å². The largest absolute Gasteiger partial charge is 0.462 e. The third-order valence-electron chi connectivity index (χ3n) is 12.4. The molecule has 0 aliphatic rings. The molecule has 1 atom stereocenters. The van der Waals surface area contributed by atoms with Crippen LogP contribution >= 0.6 is 0 Å². The van der Waals surface area contributed by atoms with E-state index in [-0.39, 0.29) is 31.1 Å². The molecule has 0 radical (unpaired) electrons. The summed E-state index contributed by atoms with van der Waals surface area (Å²) in [7, 11) is 0. The number of carbonyl (C=O) groups excluding carboxylic acids is 3. The minimum absolute atomic E-state index is 0.104. The van der Waals surface area contributed by atoms with E-state index >= 15 is 0 Å². The molecule has 0 saturated carbocycles. The van der Waals surface area contributed by atoms with Gasteiger partial charge >= 0.3 is 17.9 Å². The van der Waals surface area contributed by atoms with E-state index in [0.29, 0.717) is 19.3 Å². The van der Waals surface area contributed by atoms with Crippen LogP contribution in [0.25, 0.3) is 0 Å². The van der Waals surface area contributed by atoms with Gasteiger partial charge in [-0.1, -0.05) is 241 Å². The molecule has 0 fully saturated rings. The Kier molecular flexibility index (Phi) is 54.3. The number of allylic oxidation sites excluding steroid dienone is 14. The van der Waals surface area contributed by atoms with Crippen LogP contribution in [0.2, 0.25) is 0 Å². The third-order valence-corrected chi connectivity index (χ3v) is 12.4. The smallest absolute Gasteiger partial charge is 0.306 e. The lowest BCUT2D eigenvalue weighted by atomic mass is 10.0. The molecule has 0 aliphatic heterocycles. The average molecular weight is 962 g/mol. The van der Waals surface area contributed by atoms with Crippen molar-refractivity contribution in [3.8, 4) is 0 Å². The SMILES string of the molecule is CCCCC/C=C\C/C=C\C/C=C\C/C=C\CCCCCC(=O)OC[C@@H](COC(=O)CCCC/C=C\C/C=C\C/C=C\CCCCC)OC(=O)CCCCCCCCCCCCCCCCCCC. The number of esters is 3. The molecule has 69 heavy (non-hydrogen) atoms. The molecule has 0 rings (SSSR count). The summed E-state index contributed by atoms with van der Waals surface area (Å²) in [5, 5.41) is 0. The van der Waals surface area contributed by atoms with Crippen molar-refractivity contribution in [3.05, 3.63) is 85.1 Å². The fraction of sp³-hybridized carbons (Fsp3) is 0.730. The van der Waals surface area contributed by atoms with Gasteiger partial charge < -0.3 is 14.2 Å². The molecule has 0 aliphatic carbocycles. The lowest BCUT2D eigenvalue weighted by Crippen LogP contribution is -2.30. The van der Waals surface area contributed by atoms with Crippen LogP contribution in [-0.2, 0) is 28.6 Å². The van der Waals surface area contributed by atoms with Crippen molar-refractivity contribution in [3.63, 3.8) is 0 Å². The Morgan fingerprint density at radius 3 is 0.870 bits per heavy atom. The van der Waals surface area contributed by atoms with Crippen molar-refractivity contribution in [2.45, 2.75) is 284 Å². The topological polar surface area (TPSA) is 78.9 Å². The van der Waals surface area contributed by atoms with Gasteiger partial charge in [0.05, 0.1) is 0 Å². The zero-order valence-electron chi connectivity index (χ0n) is 45.3. The van der Waals surface area contributed by atoms with Gasteiger partial charge in [-0.2, -0.15) is 0 Å². The Hall–Kier alpha value is -3.41. The first-order valence-electron chi connectivity index (χ1n) is 29.1. The lowest BCUT2D eigenvalue weighted by molar-refractivity contribution is -0.167. The lowest BCUT2D eigenvalue weighted by Gasteiger charge is -2.18. The van der Waals surface area contributed by atoms with Gasteiger partial charge in [0.1, 0.15) is 13.2 Å². The van der Waals surface area contributed by atoms with E-state index in [0.717, 1.165) is 96.3 Å². The van der Waals surface area contributed by atoms with E-state index in [1.807, 2.05) is 0 Å². The van der Waals surface area contributed by atoms with Gasteiger partial charge in [-0.25, -0.2) is 0 Å². The highest BCUT2D eigenvalue weighted by Crippen LogP contribution is 2.16. The minimum atomic E-state index is -0.804. The van der Waals surface area contributed by atoms with Crippen molar-refractivity contribution in [2.75, 3.05) is 13.2 Å². The molecule has 6 nitrogen and oxygen atoms in total. The van der Waals surface area contributed by atoms with E-state index < -0.39 is 6.10 Å². The Morgan fingerprint density at radius 1 is 0.290 bits per heavy atom. The highest BCUT2D eigenvalue weighted by atomic mass is 16.6. The van der Waals surface area contributed by atoms with Gasteiger partial charge in [-0.15, -0.1) is 0 Å². The second kappa shape index (κ2) is 57.2. The Labute approximate surface area is 426 Å². The predicted molar refractivity (Wildman–Crippen MR) is 297 cm³/mol. The summed E-state index contributed by atoms with van der Waals surface area (Å²) in [4.78, 5) is 38.2. The molecular weight excluding hydrogens is 853 g/mol. The molecule has 0 amide bonds. The van der Waals surface area contributed by atoms with Crippen LogP contribution in [0.1, 0.15) is 278 Å². The summed E-state index contributed by atoms with van der Waals surface area (Å²) in [5.41, 5.74) is 0. The maximum Gasteiger partial charge on any atom is 0.306 e. The predicted octanol–water partition coefficient (Wildman–Crippen LogP) is 19.5. The molecule has 396 valence electrons. The van der Waals surface area contributed by atoms with Crippen LogP contribution in [0.3, 0.4) is 0 Å². The summed E-state index contributed by atoms with van der Waals surface area (Å²) in [6, 6.07) is 0. The molecule has 0 aromatic carbocycles. The van der Waals surface area contributed by atoms with E-state index in [4.69, 9.17) is 14.2 Å². The van der Waals surface area contributed by atoms with Crippen LogP contribution in [0, 0.1) is 0 Å². The summed E-state index contributed by atoms with van der Waals surface area (Å²) < 4.78 is 16.8. The number of carbonyl (C=O) groups is 3. The zero-order chi connectivity index (χ0) is 50.0. The van der Waals surface area contributed by atoms with Gasteiger partial charge in [0, 0.05) is 19.3 Å². The van der Waals surface area contributed by atoms with Crippen molar-refractivity contribution in [1.29, 1.82) is 0 Å². The first-order valence-corrected chi connectivity index (χ1v) is 29.1. The van der Waals surface area contributed by atoms with Crippen LogP contribution in [0.4, 0.5) is 0 Å².